The van der Waals surface area contributed by atoms with E-state index in [1.807, 2.05) is 0 Å². The Kier molecular flexibility index (Phi) is 5.75. The van der Waals surface area contributed by atoms with Crippen LogP contribution < -0.4 is 5.32 Å². The highest BCUT2D eigenvalue weighted by Crippen LogP contribution is 2.18. The monoisotopic (exact) mass is 295 g/mol. The number of morpholine rings is 1. The smallest absolute Gasteiger partial charge is 0.194 e. The molecule has 5 heteroatoms. The van der Waals surface area contributed by atoms with Crippen LogP contribution in [-0.2, 0) is 9.47 Å². The van der Waals surface area contributed by atoms with Crippen molar-refractivity contribution in [2.75, 3.05) is 39.5 Å². The zero-order valence-corrected chi connectivity index (χ0v) is 13.1. The Morgan fingerprint density at radius 2 is 1.52 bits per heavy atom. The molecule has 2 aliphatic heterocycles. The van der Waals surface area contributed by atoms with Crippen molar-refractivity contribution < 1.29 is 9.47 Å². The fraction of sp³-hybridized carbons (Fsp3) is 0.938. The van der Waals surface area contributed by atoms with Crippen LogP contribution in [0.1, 0.15) is 44.9 Å². The molecule has 0 aromatic rings. The predicted molar refractivity (Wildman–Crippen MR) is 83.7 cm³/mol. The Morgan fingerprint density at radius 1 is 0.857 bits per heavy atom. The summed E-state index contributed by atoms with van der Waals surface area (Å²) in [4.78, 5) is 7.43. The average Bonchev–Trinajstić information content (AvgIpc) is 2.57. The van der Waals surface area contributed by atoms with Gasteiger partial charge in [-0.05, 0) is 25.7 Å². The van der Waals surface area contributed by atoms with Crippen LogP contribution in [0.15, 0.2) is 4.99 Å². The lowest BCUT2D eigenvalue weighted by Gasteiger charge is -2.34. The van der Waals surface area contributed by atoms with E-state index in [1.54, 1.807) is 0 Å². The normalized spacial score (nSPS) is 26.9. The molecule has 0 amide bonds. The van der Waals surface area contributed by atoms with E-state index in [1.165, 1.54) is 32.1 Å². The predicted octanol–water partition coefficient (Wildman–Crippen LogP) is 1.78. The highest BCUT2D eigenvalue weighted by Gasteiger charge is 2.22. The molecule has 1 N–H and O–H groups in total. The lowest BCUT2D eigenvalue weighted by molar-refractivity contribution is 0.0645. The van der Waals surface area contributed by atoms with Crippen molar-refractivity contribution in [2.24, 2.45) is 4.99 Å². The summed E-state index contributed by atoms with van der Waals surface area (Å²) in [5, 5.41) is 3.75. The molecule has 0 spiro atoms. The Balaban J connectivity index is 1.64. The molecule has 3 aliphatic rings. The molecule has 2 saturated heterocycles. The molecule has 1 aliphatic carbocycles. The zero-order chi connectivity index (χ0) is 14.3. The second-order valence-electron chi connectivity index (χ2n) is 6.37. The van der Waals surface area contributed by atoms with Crippen LogP contribution in [0.5, 0.6) is 0 Å². The number of nitrogens with zero attached hydrogens (tertiary/aromatic N) is 2. The van der Waals surface area contributed by atoms with Crippen LogP contribution in [-0.4, -0.2) is 62.5 Å². The third-order valence-corrected chi connectivity index (χ3v) is 4.74. The first kappa shape index (κ1) is 15.1. The first-order valence-electron chi connectivity index (χ1n) is 8.66. The van der Waals surface area contributed by atoms with Crippen LogP contribution in [0.25, 0.3) is 0 Å². The van der Waals surface area contributed by atoms with E-state index >= 15 is 0 Å². The number of guanidine groups is 1. The van der Waals surface area contributed by atoms with Crippen LogP contribution in [0.4, 0.5) is 0 Å². The van der Waals surface area contributed by atoms with E-state index in [4.69, 9.17) is 14.5 Å². The summed E-state index contributed by atoms with van der Waals surface area (Å²) >= 11 is 0. The minimum atomic E-state index is 0.424. The minimum Gasteiger partial charge on any atom is -0.381 e. The van der Waals surface area contributed by atoms with Crippen LogP contribution in [0, 0.1) is 0 Å². The van der Waals surface area contributed by atoms with E-state index in [0.717, 1.165) is 58.3 Å². The van der Waals surface area contributed by atoms with E-state index in [2.05, 4.69) is 10.2 Å². The molecule has 0 atom stereocenters. The van der Waals surface area contributed by atoms with E-state index in [0.29, 0.717) is 12.1 Å². The Bertz CT molecular complexity index is 330. The van der Waals surface area contributed by atoms with Gasteiger partial charge in [0.1, 0.15) is 0 Å². The van der Waals surface area contributed by atoms with Gasteiger partial charge in [-0.3, -0.25) is 0 Å². The highest BCUT2D eigenvalue weighted by atomic mass is 16.5. The summed E-state index contributed by atoms with van der Waals surface area (Å²) in [6.07, 6.45) is 8.79. The quantitative estimate of drug-likeness (QED) is 0.623. The van der Waals surface area contributed by atoms with Gasteiger partial charge in [-0.1, -0.05) is 19.3 Å². The number of hydrogen-bond donors (Lipinski definition) is 1. The SMILES string of the molecule is C1CCC(NC(=NC2CCOCC2)N2CCOCC2)CC1. The maximum atomic E-state index is 5.49. The van der Waals surface area contributed by atoms with Crippen molar-refractivity contribution >= 4 is 5.96 Å². The molecular formula is C16H29N3O2. The van der Waals surface area contributed by atoms with Gasteiger partial charge in [0.05, 0.1) is 19.3 Å². The first-order valence-corrected chi connectivity index (χ1v) is 8.66. The molecule has 21 heavy (non-hydrogen) atoms. The third kappa shape index (κ3) is 4.58. The van der Waals surface area contributed by atoms with Gasteiger partial charge in [-0.25, -0.2) is 4.99 Å². The lowest BCUT2D eigenvalue weighted by atomic mass is 9.96. The third-order valence-electron chi connectivity index (χ3n) is 4.74. The fourth-order valence-electron chi connectivity index (χ4n) is 3.40. The maximum Gasteiger partial charge on any atom is 0.194 e. The average molecular weight is 295 g/mol. The maximum absolute atomic E-state index is 5.49. The van der Waals surface area contributed by atoms with Gasteiger partial charge in [0.2, 0.25) is 0 Å². The molecule has 2 heterocycles. The van der Waals surface area contributed by atoms with Gasteiger partial charge in [0.25, 0.3) is 0 Å². The zero-order valence-electron chi connectivity index (χ0n) is 13.1. The van der Waals surface area contributed by atoms with Crippen molar-refractivity contribution in [3.63, 3.8) is 0 Å². The summed E-state index contributed by atoms with van der Waals surface area (Å²) in [5.74, 6) is 1.12. The van der Waals surface area contributed by atoms with E-state index in [-0.39, 0.29) is 0 Å². The highest BCUT2D eigenvalue weighted by molar-refractivity contribution is 5.80. The van der Waals surface area contributed by atoms with E-state index in [9.17, 15) is 0 Å². The molecule has 5 nitrogen and oxygen atoms in total. The van der Waals surface area contributed by atoms with E-state index < -0.39 is 0 Å². The molecule has 0 unspecified atom stereocenters. The molecule has 3 rings (SSSR count). The van der Waals surface area contributed by atoms with Crippen LogP contribution >= 0.6 is 0 Å². The largest absolute Gasteiger partial charge is 0.381 e. The van der Waals surface area contributed by atoms with Crippen molar-refractivity contribution in [3.8, 4) is 0 Å². The molecule has 1 saturated carbocycles. The molecule has 0 aromatic heterocycles. The molecule has 0 bridgehead atoms. The second-order valence-corrected chi connectivity index (χ2v) is 6.37. The Hall–Kier alpha value is -0.810. The van der Waals surface area contributed by atoms with Crippen molar-refractivity contribution in [2.45, 2.75) is 57.0 Å². The molecule has 0 radical (unpaired) electrons. The summed E-state index contributed by atoms with van der Waals surface area (Å²) in [6.45, 7) is 5.27. The van der Waals surface area contributed by atoms with Gasteiger partial charge in [-0.2, -0.15) is 0 Å². The number of ether oxygens (including phenoxy) is 2. The standard InChI is InChI=1S/C16H29N3O2/c1-2-4-14(5-3-1)17-16(19-8-12-21-13-9-19)18-15-6-10-20-11-7-15/h14-15H,1-13H2,(H,17,18). The number of nitrogens with one attached hydrogen (secondary N) is 1. The van der Waals surface area contributed by atoms with Gasteiger partial charge in [0, 0.05) is 32.3 Å². The number of rotatable bonds is 2. The van der Waals surface area contributed by atoms with Crippen LogP contribution in [0.2, 0.25) is 0 Å². The first-order chi connectivity index (χ1) is 10.4. The van der Waals surface area contributed by atoms with Gasteiger partial charge < -0.3 is 19.7 Å². The minimum absolute atomic E-state index is 0.424. The summed E-state index contributed by atoms with van der Waals surface area (Å²) in [5.41, 5.74) is 0. The lowest BCUT2D eigenvalue weighted by Crippen LogP contribution is -2.51. The summed E-state index contributed by atoms with van der Waals surface area (Å²) in [6, 6.07) is 1.04. The Labute approximate surface area is 128 Å². The summed E-state index contributed by atoms with van der Waals surface area (Å²) < 4.78 is 10.9. The van der Waals surface area contributed by atoms with Crippen molar-refractivity contribution in [1.29, 1.82) is 0 Å². The van der Waals surface area contributed by atoms with Gasteiger partial charge in [0.15, 0.2) is 5.96 Å². The topological polar surface area (TPSA) is 46.1 Å². The molecule has 0 aromatic carbocycles. The van der Waals surface area contributed by atoms with Crippen molar-refractivity contribution in [1.82, 2.24) is 10.2 Å². The number of hydrogen-bond acceptors (Lipinski definition) is 3. The van der Waals surface area contributed by atoms with Gasteiger partial charge in [-0.15, -0.1) is 0 Å². The summed E-state index contributed by atoms with van der Waals surface area (Å²) in [7, 11) is 0. The second kappa shape index (κ2) is 7.99. The molecular weight excluding hydrogens is 266 g/mol. The molecule has 120 valence electrons. The number of aliphatic imine (C=N–C) groups is 1. The molecule has 3 fully saturated rings. The van der Waals surface area contributed by atoms with Crippen molar-refractivity contribution in [3.05, 3.63) is 0 Å². The van der Waals surface area contributed by atoms with Crippen LogP contribution in [0.3, 0.4) is 0 Å². The fourth-order valence-corrected chi connectivity index (χ4v) is 3.40. The van der Waals surface area contributed by atoms with Gasteiger partial charge >= 0.3 is 0 Å². The Morgan fingerprint density at radius 3 is 2.24 bits per heavy atom.